The fourth-order valence-electron chi connectivity index (χ4n) is 5.21. The van der Waals surface area contributed by atoms with Crippen LogP contribution in [0.4, 0.5) is 0 Å². The Kier molecular flexibility index (Phi) is 9.74. The average Bonchev–Trinajstić information content (AvgIpc) is 3.00. The van der Waals surface area contributed by atoms with E-state index in [0.717, 1.165) is 35.3 Å². The van der Waals surface area contributed by atoms with E-state index in [1.807, 2.05) is 60.7 Å². The first kappa shape index (κ1) is 28.3. The Bertz CT molecular complexity index is 1260. The van der Waals surface area contributed by atoms with E-state index < -0.39 is 6.10 Å². The smallest absolute Gasteiger partial charge is 0.161 e. The zero-order valence-electron chi connectivity index (χ0n) is 23.3. The molecule has 208 valence electrons. The van der Waals surface area contributed by atoms with Crippen molar-refractivity contribution in [2.75, 3.05) is 42.2 Å². The quantitative estimate of drug-likeness (QED) is 0.311. The SMILES string of the molecule is COc1cccc([C@H](O)[C@H]2CO[C@H](c3ccc(OC)c(OC)c3)[C@@H](C/C=C/c3ccc(OC)c(OC)c3)C2)c1. The molecule has 4 rings (SSSR count). The molecule has 3 aromatic rings. The summed E-state index contributed by atoms with van der Waals surface area (Å²) in [7, 11) is 8.14. The summed E-state index contributed by atoms with van der Waals surface area (Å²) in [6.07, 6.45) is 4.96. The van der Waals surface area contributed by atoms with Gasteiger partial charge in [0.2, 0.25) is 0 Å². The van der Waals surface area contributed by atoms with Gasteiger partial charge in [0.25, 0.3) is 0 Å². The molecule has 0 radical (unpaired) electrons. The van der Waals surface area contributed by atoms with Gasteiger partial charge in [-0.1, -0.05) is 36.4 Å². The van der Waals surface area contributed by atoms with Crippen LogP contribution in [0.25, 0.3) is 6.08 Å². The van der Waals surface area contributed by atoms with Crippen molar-refractivity contribution in [2.45, 2.75) is 25.0 Å². The third kappa shape index (κ3) is 6.67. The Labute approximate surface area is 230 Å². The monoisotopic (exact) mass is 534 g/mol. The van der Waals surface area contributed by atoms with Crippen LogP contribution in [0, 0.1) is 11.8 Å². The number of hydrogen-bond acceptors (Lipinski definition) is 7. The van der Waals surface area contributed by atoms with E-state index >= 15 is 0 Å². The van der Waals surface area contributed by atoms with Crippen LogP contribution in [0.3, 0.4) is 0 Å². The molecule has 0 spiro atoms. The summed E-state index contributed by atoms with van der Waals surface area (Å²) in [5.41, 5.74) is 2.86. The predicted molar refractivity (Wildman–Crippen MR) is 151 cm³/mol. The summed E-state index contributed by atoms with van der Waals surface area (Å²) in [4.78, 5) is 0. The number of allylic oxidation sites excluding steroid dienone is 1. The van der Waals surface area contributed by atoms with Crippen LogP contribution in [-0.2, 0) is 4.74 Å². The first-order chi connectivity index (χ1) is 19.0. The normalized spacial score (nSPS) is 19.9. The summed E-state index contributed by atoms with van der Waals surface area (Å²) < 4.78 is 33.6. The lowest BCUT2D eigenvalue weighted by atomic mass is 9.79. The van der Waals surface area contributed by atoms with Crippen molar-refractivity contribution in [3.8, 4) is 28.7 Å². The van der Waals surface area contributed by atoms with Crippen molar-refractivity contribution in [2.24, 2.45) is 11.8 Å². The Morgan fingerprint density at radius 3 is 2.21 bits per heavy atom. The van der Waals surface area contributed by atoms with Crippen LogP contribution in [0.2, 0.25) is 0 Å². The number of hydrogen-bond donors (Lipinski definition) is 1. The number of ether oxygens (including phenoxy) is 6. The maximum Gasteiger partial charge on any atom is 0.161 e. The zero-order chi connectivity index (χ0) is 27.8. The van der Waals surface area contributed by atoms with Gasteiger partial charge < -0.3 is 33.5 Å². The summed E-state index contributed by atoms with van der Waals surface area (Å²) in [6.45, 7) is 0.438. The van der Waals surface area contributed by atoms with Gasteiger partial charge in [-0.3, -0.25) is 0 Å². The van der Waals surface area contributed by atoms with Gasteiger partial charge in [0.1, 0.15) is 5.75 Å². The van der Waals surface area contributed by atoms with Gasteiger partial charge in [-0.25, -0.2) is 0 Å². The second-order valence-corrected chi connectivity index (χ2v) is 9.60. The van der Waals surface area contributed by atoms with Crippen LogP contribution in [-0.4, -0.2) is 47.3 Å². The number of benzene rings is 3. The van der Waals surface area contributed by atoms with Crippen LogP contribution in [0.15, 0.2) is 66.7 Å². The molecular formula is C32H38O7. The first-order valence-corrected chi connectivity index (χ1v) is 13.0. The summed E-state index contributed by atoms with van der Waals surface area (Å²) in [5.74, 6) is 3.50. The van der Waals surface area contributed by atoms with Gasteiger partial charge in [-0.05, 0) is 71.8 Å². The Morgan fingerprint density at radius 2 is 1.51 bits per heavy atom. The number of rotatable bonds is 11. The highest BCUT2D eigenvalue weighted by Crippen LogP contribution is 2.44. The number of methoxy groups -OCH3 is 5. The van der Waals surface area contributed by atoms with E-state index in [-0.39, 0.29) is 17.9 Å². The van der Waals surface area contributed by atoms with E-state index in [1.165, 1.54) is 0 Å². The van der Waals surface area contributed by atoms with Gasteiger partial charge >= 0.3 is 0 Å². The van der Waals surface area contributed by atoms with Crippen LogP contribution in [0.5, 0.6) is 28.7 Å². The molecule has 0 amide bonds. The molecule has 1 saturated heterocycles. The molecule has 39 heavy (non-hydrogen) atoms. The molecule has 7 heteroatoms. The molecule has 0 saturated carbocycles. The highest BCUT2D eigenvalue weighted by atomic mass is 16.5. The van der Waals surface area contributed by atoms with E-state index in [1.54, 1.807) is 35.5 Å². The standard InChI is InChI=1S/C32H38O7/c1-34-26-11-7-9-22(18-26)31(33)25-17-23(10-6-8-21-12-14-27(35-2)29(16-21)37-4)32(39-20-25)24-13-15-28(36-3)30(19-24)38-5/h6-9,11-16,18-19,23,25,31-33H,10,17,20H2,1-5H3/b8-6+/t23-,25+,31-,32-/m0/s1. The molecule has 1 aliphatic heterocycles. The molecule has 1 heterocycles. The Morgan fingerprint density at radius 1 is 0.821 bits per heavy atom. The van der Waals surface area contributed by atoms with E-state index in [4.69, 9.17) is 28.4 Å². The molecule has 1 fully saturated rings. The fraction of sp³-hybridized carbons (Fsp3) is 0.375. The second-order valence-electron chi connectivity index (χ2n) is 9.60. The van der Waals surface area contributed by atoms with Crippen molar-refractivity contribution in [3.63, 3.8) is 0 Å². The van der Waals surface area contributed by atoms with Crippen LogP contribution >= 0.6 is 0 Å². The lowest BCUT2D eigenvalue weighted by molar-refractivity contribution is -0.0901. The van der Waals surface area contributed by atoms with Gasteiger partial charge in [-0.2, -0.15) is 0 Å². The molecule has 1 N–H and O–H groups in total. The minimum absolute atomic E-state index is 0.0621. The molecule has 0 aromatic heterocycles. The van der Waals surface area contributed by atoms with Gasteiger partial charge in [-0.15, -0.1) is 0 Å². The van der Waals surface area contributed by atoms with Gasteiger partial charge in [0.15, 0.2) is 23.0 Å². The number of aliphatic hydroxyl groups excluding tert-OH is 1. The average molecular weight is 535 g/mol. The maximum absolute atomic E-state index is 11.3. The van der Waals surface area contributed by atoms with Crippen molar-refractivity contribution in [1.29, 1.82) is 0 Å². The number of aliphatic hydroxyl groups is 1. The maximum atomic E-state index is 11.3. The van der Waals surface area contributed by atoms with E-state index in [2.05, 4.69) is 12.2 Å². The fourth-order valence-corrected chi connectivity index (χ4v) is 5.21. The molecule has 0 aliphatic carbocycles. The topological polar surface area (TPSA) is 75.6 Å². The summed E-state index contributed by atoms with van der Waals surface area (Å²) >= 11 is 0. The summed E-state index contributed by atoms with van der Waals surface area (Å²) in [6, 6.07) is 19.4. The zero-order valence-corrected chi connectivity index (χ0v) is 23.3. The van der Waals surface area contributed by atoms with Crippen molar-refractivity contribution in [3.05, 3.63) is 83.4 Å². The minimum atomic E-state index is -0.663. The predicted octanol–water partition coefficient (Wildman–Crippen LogP) is 6.26. The third-order valence-electron chi connectivity index (χ3n) is 7.30. The van der Waals surface area contributed by atoms with E-state index in [0.29, 0.717) is 29.6 Å². The highest BCUT2D eigenvalue weighted by molar-refractivity contribution is 5.56. The Balaban J connectivity index is 1.58. The molecule has 7 nitrogen and oxygen atoms in total. The molecule has 3 aromatic carbocycles. The third-order valence-corrected chi connectivity index (χ3v) is 7.30. The lowest BCUT2D eigenvalue weighted by Crippen LogP contribution is -2.32. The summed E-state index contributed by atoms with van der Waals surface area (Å²) in [5, 5.41) is 11.3. The van der Waals surface area contributed by atoms with Crippen molar-refractivity contribution < 1.29 is 33.5 Å². The van der Waals surface area contributed by atoms with Gasteiger partial charge in [0, 0.05) is 5.92 Å². The molecule has 4 atom stereocenters. The van der Waals surface area contributed by atoms with E-state index in [9.17, 15) is 5.11 Å². The molecule has 0 unspecified atom stereocenters. The minimum Gasteiger partial charge on any atom is -0.497 e. The molecular weight excluding hydrogens is 496 g/mol. The Hall–Kier alpha value is -3.68. The largest absolute Gasteiger partial charge is 0.497 e. The molecule has 0 bridgehead atoms. The van der Waals surface area contributed by atoms with Crippen LogP contribution < -0.4 is 23.7 Å². The van der Waals surface area contributed by atoms with Crippen molar-refractivity contribution >= 4 is 6.08 Å². The van der Waals surface area contributed by atoms with Crippen molar-refractivity contribution in [1.82, 2.24) is 0 Å². The second kappa shape index (κ2) is 13.4. The first-order valence-electron chi connectivity index (χ1n) is 13.0. The van der Waals surface area contributed by atoms with Gasteiger partial charge in [0.05, 0.1) is 54.4 Å². The van der Waals surface area contributed by atoms with Crippen LogP contribution in [0.1, 0.15) is 41.7 Å². The molecule has 1 aliphatic rings. The lowest BCUT2D eigenvalue weighted by Gasteiger charge is -2.38. The highest BCUT2D eigenvalue weighted by Gasteiger charge is 2.36.